The van der Waals surface area contributed by atoms with Crippen LogP contribution < -0.4 is 10.9 Å². The van der Waals surface area contributed by atoms with E-state index in [2.05, 4.69) is 10.3 Å². The quantitative estimate of drug-likeness (QED) is 0.782. The van der Waals surface area contributed by atoms with E-state index in [1.807, 2.05) is 49.4 Å². The number of hydrogen-bond donors (Lipinski definition) is 1. The predicted octanol–water partition coefficient (Wildman–Crippen LogP) is 2.06. The van der Waals surface area contributed by atoms with Crippen molar-refractivity contribution in [3.63, 3.8) is 0 Å². The van der Waals surface area contributed by atoms with E-state index in [1.54, 1.807) is 6.07 Å². The Hall–Kier alpha value is -2.95. The van der Waals surface area contributed by atoms with E-state index >= 15 is 0 Å². The Morgan fingerprint density at radius 2 is 1.92 bits per heavy atom. The summed E-state index contributed by atoms with van der Waals surface area (Å²) in [6.45, 7) is 2.43. The lowest BCUT2D eigenvalue weighted by molar-refractivity contribution is -0.121. The van der Waals surface area contributed by atoms with Crippen molar-refractivity contribution in [1.29, 1.82) is 0 Å². The number of hydrogen-bond acceptors (Lipinski definition) is 3. The fourth-order valence-corrected chi connectivity index (χ4v) is 2.65. The van der Waals surface area contributed by atoms with Gasteiger partial charge in [-0.05, 0) is 30.5 Å². The first-order valence-electron chi connectivity index (χ1n) is 7.90. The molecule has 24 heavy (non-hydrogen) atoms. The Balaban J connectivity index is 1.65. The SMILES string of the molecule is Cc1cccc2c(=O)n(CC(=O)NCCc3ccccc3)cnc12. The first kappa shape index (κ1) is 15.9. The van der Waals surface area contributed by atoms with E-state index in [-0.39, 0.29) is 18.0 Å². The maximum atomic E-state index is 12.5. The molecule has 5 heteroatoms. The molecule has 1 heterocycles. The van der Waals surface area contributed by atoms with Crippen molar-refractivity contribution >= 4 is 16.8 Å². The zero-order valence-corrected chi connectivity index (χ0v) is 13.5. The van der Waals surface area contributed by atoms with E-state index in [4.69, 9.17) is 0 Å². The van der Waals surface area contributed by atoms with Crippen LogP contribution in [0.15, 0.2) is 59.7 Å². The van der Waals surface area contributed by atoms with Crippen molar-refractivity contribution in [3.05, 3.63) is 76.3 Å². The van der Waals surface area contributed by atoms with Crippen LogP contribution in [0, 0.1) is 6.92 Å². The number of nitrogens with one attached hydrogen (secondary N) is 1. The molecule has 0 saturated carbocycles. The Kier molecular flexibility index (Phi) is 4.70. The highest BCUT2D eigenvalue weighted by molar-refractivity contribution is 5.81. The van der Waals surface area contributed by atoms with Crippen molar-refractivity contribution < 1.29 is 4.79 Å². The molecule has 0 unspecified atom stereocenters. The summed E-state index contributed by atoms with van der Waals surface area (Å²) in [6.07, 6.45) is 2.20. The number of benzene rings is 2. The third-order valence-electron chi connectivity index (χ3n) is 3.95. The summed E-state index contributed by atoms with van der Waals surface area (Å²) in [5.41, 5.74) is 2.60. The Labute approximate surface area is 140 Å². The molecule has 1 aromatic heterocycles. The largest absolute Gasteiger partial charge is 0.354 e. The second-order valence-electron chi connectivity index (χ2n) is 5.73. The minimum atomic E-state index is -0.193. The van der Waals surface area contributed by atoms with Crippen LogP contribution >= 0.6 is 0 Å². The Bertz CT molecular complexity index is 917. The lowest BCUT2D eigenvalue weighted by Gasteiger charge is -2.09. The van der Waals surface area contributed by atoms with E-state index < -0.39 is 0 Å². The van der Waals surface area contributed by atoms with Crippen LogP contribution in [0.5, 0.6) is 0 Å². The molecular weight excluding hydrogens is 302 g/mol. The van der Waals surface area contributed by atoms with Crippen LogP contribution in [-0.4, -0.2) is 22.0 Å². The van der Waals surface area contributed by atoms with Crippen molar-refractivity contribution in [2.24, 2.45) is 0 Å². The normalized spacial score (nSPS) is 10.7. The third-order valence-corrected chi connectivity index (χ3v) is 3.95. The predicted molar refractivity (Wildman–Crippen MR) is 93.9 cm³/mol. The van der Waals surface area contributed by atoms with Gasteiger partial charge in [0.1, 0.15) is 6.54 Å². The number of para-hydroxylation sites is 1. The maximum absolute atomic E-state index is 12.5. The molecule has 3 rings (SSSR count). The molecule has 0 atom stereocenters. The number of amides is 1. The standard InChI is InChI=1S/C19H19N3O2/c1-14-6-5-9-16-18(14)21-13-22(19(16)24)12-17(23)20-11-10-15-7-3-2-4-8-15/h2-9,13H,10-12H2,1H3,(H,20,23). The Morgan fingerprint density at radius 3 is 2.71 bits per heavy atom. The molecule has 0 aliphatic rings. The minimum absolute atomic E-state index is 0.0233. The van der Waals surface area contributed by atoms with Crippen LogP contribution in [0.2, 0.25) is 0 Å². The molecule has 0 fully saturated rings. The minimum Gasteiger partial charge on any atom is -0.354 e. The number of aromatic nitrogens is 2. The van der Waals surface area contributed by atoms with Crippen LogP contribution in [0.25, 0.3) is 10.9 Å². The molecule has 2 aromatic carbocycles. The summed E-state index contributed by atoms with van der Waals surface area (Å²) in [4.78, 5) is 28.8. The summed E-state index contributed by atoms with van der Waals surface area (Å²) in [6, 6.07) is 15.4. The maximum Gasteiger partial charge on any atom is 0.261 e. The van der Waals surface area contributed by atoms with Gasteiger partial charge < -0.3 is 5.32 Å². The van der Waals surface area contributed by atoms with Gasteiger partial charge in [-0.2, -0.15) is 0 Å². The van der Waals surface area contributed by atoms with Crippen LogP contribution in [0.3, 0.4) is 0 Å². The zero-order chi connectivity index (χ0) is 16.9. The van der Waals surface area contributed by atoms with Gasteiger partial charge in [0.2, 0.25) is 5.91 Å². The number of aryl methyl sites for hydroxylation is 1. The fraction of sp³-hybridized carbons (Fsp3) is 0.211. The molecule has 0 aliphatic heterocycles. The van der Waals surface area contributed by atoms with Gasteiger partial charge in [-0.3, -0.25) is 14.2 Å². The van der Waals surface area contributed by atoms with Gasteiger partial charge in [0.25, 0.3) is 5.56 Å². The topological polar surface area (TPSA) is 64.0 Å². The first-order valence-corrected chi connectivity index (χ1v) is 7.90. The molecular formula is C19H19N3O2. The number of carbonyl (C=O) groups excluding carboxylic acids is 1. The molecule has 0 bridgehead atoms. The van der Waals surface area contributed by atoms with Gasteiger partial charge in [-0.25, -0.2) is 4.98 Å². The first-order chi connectivity index (χ1) is 11.6. The van der Waals surface area contributed by atoms with E-state index in [0.717, 1.165) is 17.5 Å². The molecule has 0 saturated heterocycles. The van der Waals surface area contributed by atoms with Crippen LogP contribution in [0.1, 0.15) is 11.1 Å². The molecule has 0 radical (unpaired) electrons. The number of fused-ring (bicyclic) bond motifs is 1. The monoisotopic (exact) mass is 321 g/mol. The fourth-order valence-electron chi connectivity index (χ4n) is 2.65. The molecule has 1 N–H and O–H groups in total. The molecule has 0 aliphatic carbocycles. The summed E-state index contributed by atoms with van der Waals surface area (Å²) in [7, 11) is 0. The second kappa shape index (κ2) is 7.08. The highest BCUT2D eigenvalue weighted by Crippen LogP contribution is 2.11. The number of carbonyl (C=O) groups is 1. The summed E-state index contributed by atoms with van der Waals surface area (Å²) in [5.74, 6) is -0.193. The lowest BCUT2D eigenvalue weighted by Crippen LogP contribution is -2.33. The van der Waals surface area contributed by atoms with Gasteiger partial charge in [-0.1, -0.05) is 42.5 Å². The van der Waals surface area contributed by atoms with Crippen LogP contribution in [-0.2, 0) is 17.8 Å². The summed E-state index contributed by atoms with van der Waals surface area (Å²) >= 11 is 0. The third kappa shape index (κ3) is 3.51. The van der Waals surface area contributed by atoms with Crippen molar-refractivity contribution in [2.75, 3.05) is 6.54 Å². The highest BCUT2D eigenvalue weighted by atomic mass is 16.2. The van der Waals surface area contributed by atoms with E-state index in [9.17, 15) is 9.59 Å². The van der Waals surface area contributed by atoms with Gasteiger partial charge >= 0.3 is 0 Å². The average Bonchev–Trinajstić information content (AvgIpc) is 2.59. The molecule has 5 nitrogen and oxygen atoms in total. The number of rotatable bonds is 5. The van der Waals surface area contributed by atoms with E-state index in [1.165, 1.54) is 10.9 Å². The van der Waals surface area contributed by atoms with Crippen molar-refractivity contribution in [1.82, 2.24) is 14.9 Å². The van der Waals surface area contributed by atoms with Gasteiger partial charge in [0.05, 0.1) is 17.2 Å². The molecule has 1 amide bonds. The van der Waals surface area contributed by atoms with Crippen LogP contribution in [0.4, 0.5) is 0 Å². The zero-order valence-electron chi connectivity index (χ0n) is 13.5. The molecule has 3 aromatic rings. The Morgan fingerprint density at radius 1 is 1.12 bits per heavy atom. The van der Waals surface area contributed by atoms with E-state index in [0.29, 0.717) is 17.4 Å². The highest BCUT2D eigenvalue weighted by Gasteiger charge is 2.09. The second-order valence-corrected chi connectivity index (χ2v) is 5.73. The van der Waals surface area contributed by atoms with Gasteiger partial charge in [0.15, 0.2) is 0 Å². The average molecular weight is 321 g/mol. The lowest BCUT2D eigenvalue weighted by atomic mass is 10.1. The summed E-state index contributed by atoms with van der Waals surface area (Å²) in [5, 5.41) is 3.38. The number of nitrogens with zero attached hydrogens (tertiary/aromatic N) is 2. The van der Waals surface area contributed by atoms with Gasteiger partial charge in [-0.15, -0.1) is 0 Å². The molecule has 122 valence electrons. The summed E-state index contributed by atoms with van der Waals surface area (Å²) < 4.78 is 1.35. The van der Waals surface area contributed by atoms with Gasteiger partial charge in [0, 0.05) is 6.54 Å². The molecule has 0 spiro atoms. The van der Waals surface area contributed by atoms with Crippen molar-refractivity contribution in [3.8, 4) is 0 Å². The van der Waals surface area contributed by atoms with Crippen molar-refractivity contribution in [2.45, 2.75) is 19.9 Å². The smallest absolute Gasteiger partial charge is 0.261 e.